The van der Waals surface area contributed by atoms with Crippen LogP contribution in [0.1, 0.15) is 88.7 Å². The van der Waals surface area contributed by atoms with Crippen molar-refractivity contribution in [3.63, 3.8) is 0 Å². The highest BCUT2D eigenvalue weighted by atomic mass is 16.5. The maximum absolute atomic E-state index is 12.2. The molecular formula is C35H52N2O7. The molecule has 3 N–H and O–H groups in total. The molecule has 1 atom stereocenters. The van der Waals surface area contributed by atoms with Gasteiger partial charge < -0.3 is 34.7 Å². The van der Waals surface area contributed by atoms with Crippen LogP contribution >= 0.6 is 0 Å². The summed E-state index contributed by atoms with van der Waals surface area (Å²) in [5, 5.41) is 16.7. The van der Waals surface area contributed by atoms with Crippen molar-refractivity contribution in [2.45, 2.75) is 96.5 Å². The van der Waals surface area contributed by atoms with Crippen LogP contribution in [0.5, 0.6) is 23.0 Å². The Kier molecular flexibility index (Phi) is 15.9. The fourth-order valence-corrected chi connectivity index (χ4v) is 5.30. The van der Waals surface area contributed by atoms with E-state index in [1.165, 1.54) is 12.8 Å². The first-order chi connectivity index (χ1) is 21.4. The average molecular weight is 613 g/mol. The molecule has 1 unspecified atom stereocenters. The Hall–Kier alpha value is -3.30. The number of aliphatic hydroxyl groups is 1. The van der Waals surface area contributed by atoms with Gasteiger partial charge in [0.1, 0.15) is 30.0 Å². The summed E-state index contributed by atoms with van der Waals surface area (Å²) in [5.74, 6) is 3.02. The highest BCUT2D eigenvalue weighted by molar-refractivity contribution is 5.96. The van der Waals surface area contributed by atoms with Crippen LogP contribution < -0.4 is 29.6 Å². The summed E-state index contributed by atoms with van der Waals surface area (Å²) in [5.41, 5.74) is 2.67. The lowest BCUT2D eigenvalue weighted by Crippen LogP contribution is -2.32. The number of carbonyl (C=O) groups is 2. The SMILES string of the molecule is CCCCCCC(=O)CCCCCCOc1ccc(OCC(O)CNCCc2ccc(OC)c(OC)c2)c2c1NC(=O)CC2. The Bertz CT molecular complexity index is 1170. The van der Waals surface area contributed by atoms with Crippen molar-refractivity contribution in [1.29, 1.82) is 0 Å². The van der Waals surface area contributed by atoms with Gasteiger partial charge in [0.15, 0.2) is 11.5 Å². The number of hydrogen-bond acceptors (Lipinski definition) is 8. The molecule has 1 aliphatic rings. The van der Waals surface area contributed by atoms with E-state index in [0.717, 1.165) is 62.5 Å². The van der Waals surface area contributed by atoms with Gasteiger partial charge in [-0.3, -0.25) is 9.59 Å². The van der Waals surface area contributed by atoms with E-state index in [1.54, 1.807) is 14.2 Å². The summed E-state index contributed by atoms with van der Waals surface area (Å²) in [6.45, 7) is 3.93. The van der Waals surface area contributed by atoms with E-state index in [2.05, 4.69) is 17.6 Å². The molecule has 244 valence electrons. The van der Waals surface area contributed by atoms with Gasteiger partial charge >= 0.3 is 0 Å². The second-order valence-electron chi connectivity index (χ2n) is 11.4. The number of nitrogens with one attached hydrogen (secondary N) is 2. The number of amides is 1. The maximum atomic E-state index is 12.2. The van der Waals surface area contributed by atoms with Crippen LogP contribution in [-0.2, 0) is 22.4 Å². The Morgan fingerprint density at radius 1 is 0.886 bits per heavy atom. The topological polar surface area (TPSA) is 115 Å². The highest BCUT2D eigenvalue weighted by Gasteiger charge is 2.23. The largest absolute Gasteiger partial charge is 0.493 e. The summed E-state index contributed by atoms with van der Waals surface area (Å²) in [4.78, 5) is 24.2. The first-order valence-corrected chi connectivity index (χ1v) is 16.3. The summed E-state index contributed by atoms with van der Waals surface area (Å²) < 4.78 is 22.7. The molecule has 0 aromatic heterocycles. The standard InChI is InChI=1S/C35H52N2O7/c1-4-5-6-9-12-27(38)13-10-7-8-11-22-43-32-18-17-30(29-15-19-34(40)37-35(29)32)44-25-28(39)24-36-21-20-26-14-16-31(41-2)33(23-26)42-3/h14,16-18,23,28,36,39H,4-13,15,19-22,24-25H2,1-3H3,(H,37,40). The summed E-state index contributed by atoms with van der Waals surface area (Å²) >= 11 is 0. The molecule has 1 aliphatic heterocycles. The van der Waals surface area contributed by atoms with E-state index in [4.69, 9.17) is 18.9 Å². The highest BCUT2D eigenvalue weighted by Crippen LogP contribution is 2.39. The third-order valence-corrected chi connectivity index (χ3v) is 7.86. The van der Waals surface area contributed by atoms with Gasteiger partial charge in [-0.15, -0.1) is 0 Å². The number of unbranched alkanes of at least 4 members (excludes halogenated alkanes) is 6. The summed E-state index contributed by atoms with van der Waals surface area (Å²) in [6, 6.07) is 9.52. The summed E-state index contributed by atoms with van der Waals surface area (Å²) in [7, 11) is 3.23. The number of ketones is 1. The third-order valence-electron chi connectivity index (χ3n) is 7.86. The zero-order chi connectivity index (χ0) is 31.6. The molecule has 0 aliphatic carbocycles. The lowest BCUT2D eigenvalue weighted by Gasteiger charge is -2.24. The van der Waals surface area contributed by atoms with E-state index in [-0.39, 0.29) is 12.5 Å². The molecule has 0 saturated heterocycles. The number of rotatable bonds is 23. The van der Waals surface area contributed by atoms with E-state index < -0.39 is 6.10 Å². The number of anilines is 1. The van der Waals surface area contributed by atoms with Crippen molar-refractivity contribution in [2.75, 3.05) is 45.8 Å². The summed E-state index contributed by atoms with van der Waals surface area (Å²) in [6.07, 6.45) is 10.8. The number of benzene rings is 2. The second kappa shape index (κ2) is 19.9. The molecule has 2 aromatic carbocycles. The van der Waals surface area contributed by atoms with Crippen molar-refractivity contribution < 1.29 is 33.6 Å². The number of ether oxygens (including phenoxy) is 4. The van der Waals surface area contributed by atoms with Crippen LogP contribution in [0, 0.1) is 0 Å². The van der Waals surface area contributed by atoms with Gasteiger partial charge in [-0.25, -0.2) is 0 Å². The lowest BCUT2D eigenvalue weighted by molar-refractivity contribution is -0.119. The molecule has 0 bridgehead atoms. The van der Waals surface area contributed by atoms with Crippen molar-refractivity contribution in [1.82, 2.24) is 5.32 Å². The van der Waals surface area contributed by atoms with Crippen molar-refractivity contribution in [3.8, 4) is 23.0 Å². The molecule has 1 amide bonds. The van der Waals surface area contributed by atoms with E-state index in [0.29, 0.717) is 73.4 Å². The number of carbonyl (C=O) groups excluding carboxylic acids is 2. The van der Waals surface area contributed by atoms with Crippen LogP contribution in [0.3, 0.4) is 0 Å². The average Bonchev–Trinajstić information content (AvgIpc) is 3.03. The van der Waals surface area contributed by atoms with Gasteiger partial charge in [-0.1, -0.05) is 45.1 Å². The number of fused-ring (bicyclic) bond motifs is 1. The number of aliphatic hydroxyl groups excluding tert-OH is 1. The molecule has 0 spiro atoms. The van der Waals surface area contributed by atoms with Crippen molar-refractivity contribution >= 4 is 17.4 Å². The molecule has 9 heteroatoms. The van der Waals surface area contributed by atoms with Crippen LogP contribution in [0.2, 0.25) is 0 Å². The Morgan fingerprint density at radius 3 is 2.34 bits per heavy atom. The van der Waals surface area contributed by atoms with Gasteiger partial charge in [0, 0.05) is 31.4 Å². The molecule has 44 heavy (non-hydrogen) atoms. The van der Waals surface area contributed by atoms with Crippen LogP contribution in [0.4, 0.5) is 5.69 Å². The molecule has 0 radical (unpaired) electrons. The number of hydrogen-bond donors (Lipinski definition) is 3. The zero-order valence-corrected chi connectivity index (χ0v) is 26.9. The Labute approximate surface area is 263 Å². The van der Waals surface area contributed by atoms with Crippen LogP contribution in [-0.4, -0.2) is 63.4 Å². The second-order valence-corrected chi connectivity index (χ2v) is 11.4. The van der Waals surface area contributed by atoms with Gasteiger partial charge in [-0.05, 0) is 68.5 Å². The van der Waals surface area contributed by atoms with Gasteiger partial charge in [0.2, 0.25) is 5.91 Å². The molecule has 0 saturated carbocycles. The van der Waals surface area contributed by atoms with Crippen molar-refractivity contribution in [2.24, 2.45) is 0 Å². The van der Waals surface area contributed by atoms with E-state index >= 15 is 0 Å². The molecule has 3 rings (SSSR count). The maximum Gasteiger partial charge on any atom is 0.224 e. The quantitative estimate of drug-likeness (QED) is 0.130. The lowest BCUT2D eigenvalue weighted by atomic mass is 10.0. The van der Waals surface area contributed by atoms with E-state index in [1.807, 2.05) is 30.3 Å². The Morgan fingerprint density at radius 2 is 1.59 bits per heavy atom. The minimum atomic E-state index is -0.693. The van der Waals surface area contributed by atoms with Gasteiger partial charge in [0.05, 0.1) is 26.5 Å². The molecule has 2 aromatic rings. The fourth-order valence-electron chi connectivity index (χ4n) is 5.30. The minimum absolute atomic E-state index is 0.0439. The van der Waals surface area contributed by atoms with Gasteiger partial charge in [0.25, 0.3) is 0 Å². The van der Waals surface area contributed by atoms with Crippen LogP contribution in [0.15, 0.2) is 30.3 Å². The van der Waals surface area contributed by atoms with Gasteiger partial charge in [-0.2, -0.15) is 0 Å². The molecular weight excluding hydrogens is 560 g/mol. The Balaban J connectivity index is 1.37. The number of Topliss-reactive ketones (excluding diaryl/α,β-unsaturated/α-hetero) is 1. The normalized spacial score (nSPS) is 13.1. The van der Waals surface area contributed by atoms with E-state index in [9.17, 15) is 14.7 Å². The zero-order valence-electron chi connectivity index (χ0n) is 26.9. The monoisotopic (exact) mass is 612 g/mol. The third kappa shape index (κ3) is 12.0. The predicted octanol–water partition coefficient (Wildman–Crippen LogP) is 6.03. The molecule has 1 heterocycles. The smallest absolute Gasteiger partial charge is 0.224 e. The molecule has 0 fully saturated rings. The predicted molar refractivity (Wildman–Crippen MR) is 173 cm³/mol. The first kappa shape index (κ1) is 35.2. The fraction of sp³-hybridized carbons (Fsp3) is 0.600. The first-order valence-electron chi connectivity index (χ1n) is 16.3. The minimum Gasteiger partial charge on any atom is -0.493 e. The number of methoxy groups -OCH3 is 2. The molecule has 9 nitrogen and oxygen atoms in total. The van der Waals surface area contributed by atoms with Crippen LogP contribution in [0.25, 0.3) is 0 Å². The van der Waals surface area contributed by atoms with Crippen molar-refractivity contribution in [3.05, 3.63) is 41.5 Å².